The van der Waals surface area contributed by atoms with Crippen LogP contribution in [0.1, 0.15) is 11.4 Å². The van der Waals surface area contributed by atoms with Crippen LogP contribution in [0.2, 0.25) is 0 Å². The number of hydrogen-bond acceptors (Lipinski definition) is 5. The van der Waals surface area contributed by atoms with Gasteiger partial charge >= 0.3 is 0 Å². The first-order chi connectivity index (χ1) is 9.26. The van der Waals surface area contributed by atoms with Crippen molar-refractivity contribution in [1.82, 2.24) is 15.5 Å². The summed E-state index contributed by atoms with van der Waals surface area (Å²) in [6, 6.07) is 7.96. The molecule has 3 rings (SSSR count). The Bertz CT molecular complexity index is 700. The van der Waals surface area contributed by atoms with Crippen LogP contribution in [0.15, 0.2) is 33.2 Å². The molecule has 0 unspecified atom stereocenters. The average Bonchev–Trinajstić information content (AvgIpc) is 3.01. The van der Waals surface area contributed by atoms with Gasteiger partial charge < -0.3 is 14.3 Å². The van der Waals surface area contributed by atoms with Crippen LogP contribution in [0.3, 0.4) is 0 Å². The van der Waals surface area contributed by atoms with E-state index in [9.17, 15) is 0 Å². The van der Waals surface area contributed by atoms with E-state index in [4.69, 9.17) is 8.94 Å². The third-order valence-corrected chi connectivity index (χ3v) is 2.95. The van der Waals surface area contributed by atoms with Gasteiger partial charge in [-0.2, -0.15) is 4.98 Å². The molecule has 0 radical (unpaired) electrons. The van der Waals surface area contributed by atoms with E-state index in [0.29, 0.717) is 17.5 Å². The first kappa shape index (κ1) is 11.9. The number of benzene rings is 1. The van der Waals surface area contributed by atoms with Crippen LogP contribution in [-0.4, -0.2) is 23.7 Å². The van der Waals surface area contributed by atoms with Gasteiger partial charge in [-0.1, -0.05) is 16.8 Å². The second-order valence-corrected chi connectivity index (χ2v) is 4.52. The Kier molecular flexibility index (Phi) is 3.05. The van der Waals surface area contributed by atoms with Crippen LogP contribution < -0.4 is 5.32 Å². The lowest BCUT2D eigenvalue weighted by Gasteiger charge is -1.90. The fourth-order valence-corrected chi connectivity index (χ4v) is 1.96. The SMILES string of the molecule is CNCCc1noc(-c2cc3cc(C)ccc3o2)n1. The standard InChI is InChI=1S/C14H15N3O2/c1-9-3-4-11-10(7-9)8-12(18-11)14-16-13(17-19-14)5-6-15-2/h3-4,7-8,15H,5-6H2,1-2H3. The van der Waals surface area contributed by atoms with Gasteiger partial charge in [0.1, 0.15) is 5.58 Å². The third-order valence-electron chi connectivity index (χ3n) is 2.95. The number of aromatic nitrogens is 2. The highest BCUT2D eigenvalue weighted by molar-refractivity contribution is 5.82. The third kappa shape index (κ3) is 2.37. The summed E-state index contributed by atoms with van der Waals surface area (Å²) < 4.78 is 10.9. The molecule has 5 heteroatoms. The molecular formula is C14H15N3O2. The van der Waals surface area contributed by atoms with Crippen LogP contribution in [0.5, 0.6) is 0 Å². The van der Waals surface area contributed by atoms with Gasteiger partial charge in [0.15, 0.2) is 11.6 Å². The number of nitrogens with one attached hydrogen (secondary N) is 1. The molecule has 3 aromatic rings. The molecule has 0 fully saturated rings. The Morgan fingerprint density at radius 1 is 1.26 bits per heavy atom. The van der Waals surface area contributed by atoms with Crippen molar-refractivity contribution in [2.75, 3.05) is 13.6 Å². The number of aryl methyl sites for hydroxylation is 1. The maximum absolute atomic E-state index is 5.72. The normalized spacial score (nSPS) is 11.3. The summed E-state index contributed by atoms with van der Waals surface area (Å²) in [5.41, 5.74) is 2.02. The Morgan fingerprint density at radius 2 is 2.16 bits per heavy atom. The first-order valence-corrected chi connectivity index (χ1v) is 6.24. The van der Waals surface area contributed by atoms with E-state index in [1.54, 1.807) is 0 Å². The minimum Gasteiger partial charge on any atom is -0.451 e. The van der Waals surface area contributed by atoms with Crippen LogP contribution >= 0.6 is 0 Å². The molecule has 98 valence electrons. The van der Waals surface area contributed by atoms with Gasteiger partial charge in [-0.15, -0.1) is 0 Å². The van der Waals surface area contributed by atoms with Gasteiger partial charge in [0.25, 0.3) is 5.89 Å². The van der Waals surface area contributed by atoms with Gasteiger partial charge in [-0.25, -0.2) is 0 Å². The molecule has 19 heavy (non-hydrogen) atoms. The van der Waals surface area contributed by atoms with Crippen molar-refractivity contribution in [2.45, 2.75) is 13.3 Å². The van der Waals surface area contributed by atoms with Crippen molar-refractivity contribution >= 4 is 11.0 Å². The first-order valence-electron chi connectivity index (χ1n) is 6.24. The predicted octanol–water partition coefficient (Wildman–Crippen LogP) is 2.55. The molecule has 1 aromatic carbocycles. The van der Waals surface area contributed by atoms with Crippen LogP contribution in [0.4, 0.5) is 0 Å². The summed E-state index contributed by atoms with van der Waals surface area (Å²) in [5.74, 6) is 1.73. The maximum Gasteiger partial charge on any atom is 0.293 e. The van der Waals surface area contributed by atoms with Crippen molar-refractivity contribution in [3.63, 3.8) is 0 Å². The Hall–Kier alpha value is -2.14. The zero-order valence-electron chi connectivity index (χ0n) is 10.9. The monoisotopic (exact) mass is 257 g/mol. The molecule has 0 bridgehead atoms. The van der Waals surface area contributed by atoms with E-state index in [2.05, 4.69) is 28.4 Å². The van der Waals surface area contributed by atoms with Gasteiger partial charge in [0.2, 0.25) is 0 Å². The Labute approximate surface area is 110 Å². The molecule has 0 spiro atoms. The molecule has 0 saturated carbocycles. The van der Waals surface area contributed by atoms with Gasteiger partial charge in [-0.05, 0) is 32.2 Å². The number of fused-ring (bicyclic) bond motifs is 1. The molecule has 0 aliphatic carbocycles. The second kappa shape index (κ2) is 4.85. The summed E-state index contributed by atoms with van der Waals surface area (Å²) in [7, 11) is 1.89. The highest BCUT2D eigenvalue weighted by Gasteiger charge is 2.13. The smallest absolute Gasteiger partial charge is 0.293 e. The molecule has 0 saturated heterocycles. The van der Waals surface area contributed by atoms with Crippen LogP contribution in [-0.2, 0) is 6.42 Å². The Morgan fingerprint density at radius 3 is 3.00 bits per heavy atom. The molecule has 0 aliphatic rings. The molecule has 0 aliphatic heterocycles. The summed E-state index contributed by atoms with van der Waals surface area (Å²) in [6.07, 6.45) is 0.735. The number of furan rings is 1. The lowest BCUT2D eigenvalue weighted by atomic mass is 10.2. The maximum atomic E-state index is 5.72. The molecule has 0 amide bonds. The quantitative estimate of drug-likeness (QED) is 0.778. The Balaban J connectivity index is 1.92. The second-order valence-electron chi connectivity index (χ2n) is 4.52. The number of rotatable bonds is 4. The van der Waals surface area contributed by atoms with Crippen molar-refractivity contribution in [3.8, 4) is 11.7 Å². The van der Waals surface area contributed by atoms with Crippen LogP contribution in [0.25, 0.3) is 22.6 Å². The number of hydrogen-bond donors (Lipinski definition) is 1. The molecule has 1 N–H and O–H groups in total. The molecule has 0 atom stereocenters. The van der Waals surface area contributed by atoms with Gasteiger partial charge in [0, 0.05) is 18.4 Å². The topological polar surface area (TPSA) is 64.1 Å². The molecule has 5 nitrogen and oxygen atoms in total. The van der Waals surface area contributed by atoms with E-state index in [1.165, 1.54) is 5.56 Å². The minimum atomic E-state index is 0.431. The van der Waals surface area contributed by atoms with E-state index in [-0.39, 0.29) is 0 Å². The zero-order chi connectivity index (χ0) is 13.2. The molecule has 2 heterocycles. The molecular weight excluding hydrogens is 242 g/mol. The van der Waals surface area contributed by atoms with E-state index in [0.717, 1.165) is 23.9 Å². The fraction of sp³-hybridized carbons (Fsp3) is 0.286. The summed E-state index contributed by atoms with van der Waals surface area (Å²) in [4.78, 5) is 4.32. The highest BCUT2D eigenvalue weighted by Crippen LogP contribution is 2.27. The number of likely N-dealkylation sites (N-methyl/N-ethyl adjacent to an activating group) is 1. The van der Waals surface area contributed by atoms with Gasteiger partial charge in [-0.3, -0.25) is 0 Å². The largest absolute Gasteiger partial charge is 0.451 e. The van der Waals surface area contributed by atoms with E-state index < -0.39 is 0 Å². The zero-order valence-corrected chi connectivity index (χ0v) is 10.9. The number of nitrogens with zero attached hydrogens (tertiary/aromatic N) is 2. The van der Waals surface area contributed by atoms with Crippen molar-refractivity contribution in [3.05, 3.63) is 35.7 Å². The average molecular weight is 257 g/mol. The highest BCUT2D eigenvalue weighted by atomic mass is 16.5. The van der Waals surface area contributed by atoms with E-state index in [1.807, 2.05) is 25.2 Å². The minimum absolute atomic E-state index is 0.431. The van der Waals surface area contributed by atoms with Crippen molar-refractivity contribution in [2.24, 2.45) is 0 Å². The summed E-state index contributed by atoms with van der Waals surface area (Å²) in [5, 5.41) is 8.03. The molecule has 2 aromatic heterocycles. The van der Waals surface area contributed by atoms with E-state index >= 15 is 0 Å². The summed E-state index contributed by atoms with van der Waals surface area (Å²) >= 11 is 0. The fourth-order valence-electron chi connectivity index (χ4n) is 1.96. The van der Waals surface area contributed by atoms with Crippen molar-refractivity contribution < 1.29 is 8.94 Å². The summed E-state index contributed by atoms with van der Waals surface area (Å²) in [6.45, 7) is 2.87. The lowest BCUT2D eigenvalue weighted by Crippen LogP contribution is -2.10. The van der Waals surface area contributed by atoms with Crippen molar-refractivity contribution in [1.29, 1.82) is 0 Å². The predicted molar refractivity (Wildman–Crippen MR) is 71.9 cm³/mol. The lowest BCUT2D eigenvalue weighted by molar-refractivity contribution is 0.411. The van der Waals surface area contributed by atoms with Crippen LogP contribution in [0, 0.1) is 6.92 Å². The van der Waals surface area contributed by atoms with Gasteiger partial charge in [0.05, 0.1) is 0 Å².